The highest BCUT2D eigenvalue weighted by Crippen LogP contribution is 2.21. The Morgan fingerprint density at radius 2 is 1.54 bits per heavy atom. The number of carbonyl (C=O) groups is 1. The number of benzene rings is 2. The van der Waals surface area contributed by atoms with Crippen LogP contribution in [0.3, 0.4) is 0 Å². The maximum absolute atomic E-state index is 12.5. The van der Waals surface area contributed by atoms with Crippen molar-refractivity contribution in [3.8, 4) is 5.75 Å². The first-order valence-corrected chi connectivity index (χ1v) is 8.39. The summed E-state index contributed by atoms with van der Waals surface area (Å²) in [5.74, 6) is 0.644. The van der Waals surface area contributed by atoms with Gasteiger partial charge in [-0.1, -0.05) is 41.5 Å². The minimum Gasteiger partial charge on any atom is -0.481 e. The van der Waals surface area contributed by atoms with Crippen LogP contribution >= 0.6 is 0 Å². The fraction of sp³-hybridized carbons (Fsp3) is 0.381. The van der Waals surface area contributed by atoms with Crippen LogP contribution in [0, 0.1) is 27.7 Å². The Hall–Kier alpha value is -2.29. The van der Waals surface area contributed by atoms with Crippen LogP contribution < -0.4 is 10.1 Å². The lowest BCUT2D eigenvalue weighted by molar-refractivity contribution is -0.127. The van der Waals surface area contributed by atoms with E-state index in [0.717, 1.165) is 16.9 Å². The molecule has 24 heavy (non-hydrogen) atoms. The lowest BCUT2D eigenvalue weighted by Gasteiger charge is -2.21. The Kier molecular flexibility index (Phi) is 5.66. The van der Waals surface area contributed by atoms with Gasteiger partial charge in [0.1, 0.15) is 5.75 Å². The predicted octanol–water partition coefficient (Wildman–Crippen LogP) is 4.56. The molecule has 0 unspecified atom stereocenters. The third-order valence-corrected chi connectivity index (χ3v) is 4.26. The first-order chi connectivity index (χ1) is 11.3. The molecule has 0 radical (unpaired) electrons. The summed E-state index contributed by atoms with van der Waals surface area (Å²) in [5.41, 5.74) is 5.73. The monoisotopic (exact) mass is 325 g/mol. The Labute approximate surface area is 145 Å². The van der Waals surface area contributed by atoms with Gasteiger partial charge in [-0.3, -0.25) is 4.79 Å². The van der Waals surface area contributed by atoms with Gasteiger partial charge in [-0.2, -0.15) is 0 Å². The zero-order valence-electron chi connectivity index (χ0n) is 15.4. The smallest absolute Gasteiger partial charge is 0.261 e. The molecule has 0 saturated heterocycles. The standard InChI is InChI=1S/C21H27NO2/c1-13-8-10-20(16(4)11-13)24-18(6)21(23)22-17(5)19-12-14(2)7-9-15(19)3/h7-12,17-18H,1-6H3,(H,22,23)/t17-,18-/m1/s1. The second-order valence-electron chi connectivity index (χ2n) is 6.62. The third-order valence-electron chi connectivity index (χ3n) is 4.26. The summed E-state index contributed by atoms with van der Waals surface area (Å²) in [5, 5.41) is 3.05. The molecule has 1 N–H and O–H groups in total. The van der Waals surface area contributed by atoms with Crippen LogP contribution in [0.2, 0.25) is 0 Å². The molecular formula is C21H27NO2. The van der Waals surface area contributed by atoms with Gasteiger partial charge in [0.05, 0.1) is 6.04 Å². The van der Waals surface area contributed by atoms with Crippen molar-refractivity contribution in [3.05, 3.63) is 64.2 Å². The predicted molar refractivity (Wildman–Crippen MR) is 98.5 cm³/mol. The molecular weight excluding hydrogens is 298 g/mol. The van der Waals surface area contributed by atoms with E-state index in [9.17, 15) is 4.79 Å². The van der Waals surface area contributed by atoms with Gasteiger partial charge in [0.15, 0.2) is 6.10 Å². The number of carbonyl (C=O) groups excluding carboxylic acids is 1. The minimum atomic E-state index is -0.543. The SMILES string of the molecule is Cc1ccc(O[C@H](C)C(=O)N[C@H](C)c2cc(C)ccc2C)c(C)c1. The van der Waals surface area contributed by atoms with Crippen LogP contribution in [0.15, 0.2) is 36.4 Å². The number of hydrogen-bond acceptors (Lipinski definition) is 2. The van der Waals surface area contributed by atoms with E-state index in [1.165, 1.54) is 16.7 Å². The average Bonchev–Trinajstić information content (AvgIpc) is 2.52. The molecule has 3 heteroatoms. The molecule has 2 aromatic carbocycles. The van der Waals surface area contributed by atoms with Gasteiger partial charge in [0.25, 0.3) is 5.91 Å². The lowest BCUT2D eigenvalue weighted by atomic mass is 10.00. The van der Waals surface area contributed by atoms with Gasteiger partial charge < -0.3 is 10.1 Å². The van der Waals surface area contributed by atoms with E-state index >= 15 is 0 Å². The van der Waals surface area contributed by atoms with Crippen LogP contribution in [0.25, 0.3) is 0 Å². The second kappa shape index (κ2) is 7.52. The molecule has 0 aliphatic carbocycles. The Morgan fingerprint density at radius 1 is 0.917 bits per heavy atom. The number of amides is 1. The van der Waals surface area contributed by atoms with Crippen LogP contribution in [-0.4, -0.2) is 12.0 Å². The third kappa shape index (κ3) is 4.38. The maximum atomic E-state index is 12.5. The number of ether oxygens (including phenoxy) is 1. The zero-order valence-corrected chi connectivity index (χ0v) is 15.4. The van der Waals surface area contributed by atoms with Gasteiger partial charge in [-0.15, -0.1) is 0 Å². The fourth-order valence-electron chi connectivity index (χ4n) is 2.81. The van der Waals surface area contributed by atoms with E-state index in [1.54, 1.807) is 6.92 Å². The van der Waals surface area contributed by atoms with Crippen molar-refractivity contribution >= 4 is 5.91 Å². The fourth-order valence-corrected chi connectivity index (χ4v) is 2.81. The van der Waals surface area contributed by atoms with Crippen molar-refractivity contribution in [3.63, 3.8) is 0 Å². The molecule has 0 spiro atoms. The van der Waals surface area contributed by atoms with Gasteiger partial charge in [-0.05, 0) is 64.3 Å². The Bertz CT molecular complexity index is 737. The summed E-state index contributed by atoms with van der Waals surface area (Å²) in [6, 6.07) is 12.2. The summed E-state index contributed by atoms with van der Waals surface area (Å²) >= 11 is 0. The van der Waals surface area contributed by atoms with Crippen molar-refractivity contribution in [2.75, 3.05) is 0 Å². The highest BCUT2D eigenvalue weighted by atomic mass is 16.5. The van der Waals surface area contributed by atoms with Gasteiger partial charge in [-0.25, -0.2) is 0 Å². The van der Waals surface area contributed by atoms with Crippen molar-refractivity contribution in [1.29, 1.82) is 0 Å². The average molecular weight is 325 g/mol. The number of nitrogens with one attached hydrogen (secondary N) is 1. The number of hydrogen-bond donors (Lipinski definition) is 1. The Balaban J connectivity index is 2.04. The molecule has 2 aromatic rings. The van der Waals surface area contributed by atoms with Crippen LogP contribution in [0.4, 0.5) is 0 Å². The van der Waals surface area contributed by atoms with Crippen molar-refractivity contribution in [2.24, 2.45) is 0 Å². The Morgan fingerprint density at radius 3 is 2.21 bits per heavy atom. The van der Waals surface area contributed by atoms with E-state index in [-0.39, 0.29) is 11.9 Å². The summed E-state index contributed by atoms with van der Waals surface area (Å²) in [6.45, 7) is 11.9. The van der Waals surface area contributed by atoms with Crippen molar-refractivity contribution in [2.45, 2.75) is 53.7 Å². The molecule has 0 saturated carbocycles. The largest absolute Gasteiger partial charge is 0.481 e. The topological polar surface area (TPSA) is 38.3 Å². The highest BCUT2D eigenvalue weighted by Gasteiger charge is 2.19. The normalized spacial score (nSPS) is 13.2. The van der Waals surface area contributed by atoms with Crippen molar-refractivity contribution < 1.29 is 9.53 Å². The molecule has 0 fully saturated rings. The number of rotatable bonds is 5. The van der Waals surface area contributed by atoms with Gasteiger partial charge in [0, 0.05) is 0 Å². The second-order valence-corrected chi connectivity index (χ2v) is 6.62. The maximum Gasteiger partial charge on any atom is 0.261 e. The molecule has 2 rings (SSSR count). The number of aryl methyl sites for hydroxylation is 4. The van der Waals surface area contributed by atoms with E-state index < -0.39 is 6.10 Å². The van der Waals surface area contributed by atoms with E-state index in [2.05, 4.69) is 43.4 Å². The molecule has 128 valence electrons. The van der Waals surface area contributed by atoms with Crippen LogP contribution in [0.5, 0.6) is 5.75 Å². The molecule has 0 heterocycles. The highest BCUT2D eigenvalue weighted by molar-refractivity contribution is 5.81. The molecule has 2 atom stereocenters. The van der Waals surface area contributed by atoms with E-state index in [0.29, 0.717) is 0 Å². The van der Waals surface area contributed by atoms with Crippen molar-refractivity contribution in [1.82, 2.24) is 5.32 Å². The van der Waals surface area contributed by atoms with E-state index in [1.807, 2.05) is 32.9 Å². The quantitative estimate of drug-likeness (QED) is 0.875. The minimum absolute atomic E-state index is 0.0532. The van der Waals surface area contributed by atoms with E-state index in [4.69, 9.17) is 4.74 Å². The first kappa shape index (κ1) is 18.1. The van der Waals surface area contributed by atoms with Gasteiger partial charge >= 0.3 is 0 Å². The zero-order chi connectivity index (χ0) is 17.9. The molecule has 0 aliphatic heterocycles. The summed E-state index contributed by atoms with van der Waals surface area (Å²) < 4.78 is 5.84. The molecule has 3 nitrogen and oxygen atoms in total. The van der Waals surface area contributed by atoms with Crippen LogP contribution in [-0.2, 0) is 4.79 Å². The summed E-state index contributed by atoms with van der Waals surface area (Å²) in [7, 11) is 0. The molecule has 0 aromatic heterocycles. The first-order valence-electron chi connectivity index (χ1n) is 8.39. The van der Waals surface area contributed by atoms with Gasteiger partial charge in [0.2, 0.25) is 0 Å². The van der Waals surface area contributed by atoms with Crippen LogP contribution in [0.1, 0.15) is 47.7 Å². The molecule has 0 aliphatic rings. The lowest BCUT2D eigenvalue weighted by Crippen LogP contribution is -2.38. The molecule has 1 amide bonds. The summed E-state index contributed by atoms with van der Waals surface area (Å²) in [4.78, 5) is 12.5. The summed E-state index contributed by atoms with van der Waals surface area (Å²) in [6.07, 6.45) is -0.543. The molecule has 0 bridgehead atoms.